The van der Waals surface area contributed by atoms with Gasteiger partial charge in [-0.15, -0.1) is 0 Å². The highest BCUT2D eigenvalue weighted by atomic mass is 31.1. The summed E-state index contributed by atoms with van der Waals surface area (Å²) >= 11 is 0. The molecule has 128 valence electrons. The first-order valence-corrected chi connectivity index (χ1v) is 8.73. The maximum atomic E-state index is 13.8. The van der Waals surface area contributed by atoms with E-state index in [1.165, 1.54) is 4.40 Å². The molecule has 0 aliphatic carbocycles. The fraction of sp³-hybridized carbons (Fsp3) is 0.235. The molecule has 0 saturated carbocycles. The standard InChI is InChI=1S/C17H17BF2N2OP2/c1-10-14-8-5-12(9-22(14)15(21-10)16(2,19)20)11-3-6-13(7-4-11)23-17(18,24)25/h3-9H,24-25H2,1-2H3. The van der Waals surface area contributed by atoms with Gasteiger partial charge in [-0.05, 0) is 36.2 Å². The Balaban J connectivity index is 2.02. The van der Waals surface area contributed by atoms with Gasteiger partial charge in [-0.2, -0.15) is 8.78 Å². The number of benzene rings is 1. The number of aromatic nitrogens is 2. The Morgan fingerprint density at radius 2 is 1.68 bits per heavy atom. The van der Waals surface area contributed by atoms with Crippen LogP contribution in [0.4, 0.5) is 8.78 Å². The molecule has 0 spiro atoms. The van der Waals surface area contributed by atoms with Gasteiger partial charge in [-0.25, -0.2) is 4.98 Å². The third-order valence-corrected chi connectivity index (χ3v) is 3.93. The van der Waals surface area contributed by atoms with E-state index in [9.17, 15) is 8.78 Å². The van der Waals surface area contributed by atoms with E-state index in [0.29, 0.717) is 17.0 Å². The summed E-state index contributed by atoms with van der Waals surface area (Å²) in [5.41, 5.74) is 2.92. The van der Waals surface area contributed by atoms with E-state index < -0.39 is 10.9 Å². The maximum absolute atomic E-state index is 13.8. The molecule has 3 nitrogen and oxygen atoms in total. The largest absolute Gasteiger partial charge is 0.490 e. The molecular formula is C17H17BF2N2OP2. The number of hydrogen-bond acceptors (Lipinski definition) is 2. The van der Waals surface area contributed by atoms with Crippen LogP contribution >= 0.6 is 18.5 Å². The summed E-state index contributed by atoms with van der Waals surface area (Å²) in [5, 5.41) is 0. The molecule has 0 N–H and O–H groups in total. The molecule has 8 heteroatoms. The Bertz CT molecular complexity index is 915. The summed E-state index contributed by atoms with van der Waals surface area (Å²) in [6, 6.07) is 11.0. The van der Waals surface area contributed by atoms with Crippen molar-refractivity contribution in [3.05, 3.63) is 54.1 Å². The molecule has 0 aliphatic heterocycles. The van der Waals surface area contributed by atoms with Crippen molar-refractivity contribution in [1.29, 1.82) is 0 Å². The number of ether oxygens (including phenoxy) is 1. The van der Waals surface area contributed by atoms with Gasteiger partial charge in [-0.3, -0.25) is 4.40 Å². The highest BCUT2D eigenvalue weighted by Crippen LogP contribution is 2.32. The van der Waals surface area contributed by atoms with E-state index in [1.54, 1.807) is 31.3 Å². The first kappa shape index (κ1) is 18.3. The summed E-state index contributed by atoms with van der Waals surface area (Å²) < 4.78 is 34.6. The molecule has 3 rings (SSSR count). The van der Waals surface area contributed by atoms with Crippen LogP contribution in [0.15, 0.2) is 42.6 Å². The zero-order valence-electron chi connectivity index (χ0n) is 13.8. The van der Waals surface area contributed by atoms with E-state index in [-0.39, 0.29) is 5.82 Å². The summed E-state index contributed by atoms with van der Waals surface area (Å²) in [4.78, 5) is 3.09. The molecule has 0 aliphatic rings. The van der Waals surface area contributed by atoms with Crippen LogP contribution in [0.1, 0.15) is 18.4 Å². The number of alkyl halides is 2. The average Bonchev–Trinajstić information content (AvgIpc) is 2.83. The molecule has 2 unspecified atom stereocenters. The highest BCUT2D eigenvalue weighted by molar-refractivity contribution is 7.43. The quantitative estimate of drug-likeness (QED) is 0.501. The Morgan fingerprint density at radius 1 is 1.08 bits per heavy atom. The molecular weight excluding hydrogens is 359 g/mol. The minimum Gasteiger partial charge on any atom is -0.490 e. The summed E-state index contributed by atoms with van der Waals surface area (Å²) in [6.07, 6.45) is 1.68. The Labute approximate surface area is 151 Å². The van der Waals surface area contributed by atoms with Crippen molar-refractivity contribution in [1.82, 2.24) is 9.38 Å². The lowest BCUT2D eigenvalue weighted by Crippen LogP contribution is -2.19. The zero-order valence-corrected chi connectivity index (χ0v) is 16.1. The Morgan fingerprint density at radius 3 is 2.24 bits per heavy atom. The van der Waals surface area contributed by atoms with Crippen LogP contribution < -0.4 is 4.74 Å². The molecule has 25 heavy (non-hydrogen) atoms. The molecule has 0 fully saturated rings. The number of fused-ring (bicyclic) bond motifs is 1. The van der Waals surface area contributed by atoms with Gasteiger partial charge in [0.25, 0.3) is 0 Å². The van der Waals surface area contributed by atoms with Gasteiger partial charge in [0.05, 0.1) is 16.2 Å². The molecule has 2 atom stereocenters. The normalized spacial score (nSPS) is 12.6. The van der Waals surface area contributed by atoms with E-state index in [4.69, 9.17) is 12.6 Å². The molecule has 0 amide bonds. The molecule has 2 heterocycles. The number of imidazole rings is 1. The van der Waals surface area contributed by atoms with Crippen LogP contribution in [-0.4, -0.2) is 22.2 Å². The second-order valence-corrected chi connectivity index (χ2v) is 8.53. The third kappa shape index (κ3) is 4.02. The second-order valence-electron chi connectivity index (χ2n) is 6.06. The number of pyridine rings is 1. The molecule has 3 aromatic rings. The van der Waals surface area contributed by atoms with Gasteiger partial charge in [0.2, 0.25) is 0 Å². The molecule has 2 aromatic heterocycles. The summed E-state index contributed by atoms with van der Waals surface area (Å²) in [5.74, 6) is -2.67. The van der Waals surface area contributed by atoms with E-state index in [0.717, 1.165) is 18.1 Å². The number of aryl methyl sites for hydroxylation is 1. The average molecular weight is 376 g/mol. The number of rotatable bonds is 4. The van der Waals surface area contributed by atoms with Crippen LogP contribution in [-0.2, 0) is 5.92 Å². The van der Waals surface area contributed by atoms with Crippen molar-refractivity contribution in [3.63, 3.8) is 0 Å². The maximum Gasteiger partial charge on any atom is 0.302 e. The van der Waals surface area contributed by atoms with Crippen molar-refractivity contribution >= 4 is 31.8 Å². The molecule has 0 saturated heterocycles. The van der Waals surface area contributed by atoms with E-state index in [1.807, 2.05) is 18.2 Å². The van der Waals surface area contributed by atoms with Crippen molar-refractivity contribution in [2.24, 2.45) is 0 Å². The fourth-order valence-electron chi connectivity index (χ4n) is 2.64. The van der Waals surface area contributed by atoms with Crippen LogP contribution in [0.2, 0.25) is 0 Å². The lowest BCUT2D eigenvalue weighted by molar-refractivity contribution is 0.00712. The predicted octanol–water partition coefficient (Wildman–Crippen LogP) is 4.33. The molecule has 0 bridgehead atoms. The SMILES string of the molecule is [B]C(P)(P)Oc1ccc(-c2ccc3c(C)nc(C(C)(F)F)n3c2)cc1. The topological polar surface area (TPSA) is 26.5 Å². The van der Waals surface area contributed by atoms with Crippen LogP contribution in [0.3, 0.4) is 0 Å². The monoisotopic (exact) mass is 376 g/mol. The van der Waals surface area contributed by atoms with Crippen LogP contribution in [0.25, 0.3) is 16.6 Å². The number of nitrogens with zero attached hydrogens (tertiary/aromatic N) is 2. The van der Waals surface area contributed by atoms with Gasteiger partial charge in [0.1, 0.15) is 13.6 Å². The minimum atomic E-state index is -3.02. The first-order valence-electron chi connectivity index (χ1n) is 7.58. The lowest BCUT2D eigenvalue weighted by atomic mass is 10.1. The minimum absolute atomic E-state index is 0.263. The van der Waals surface area contributed by atoms with Crippen LogP contribution in [0.5, 0.6) is 5.75 Å². The molecule has 2 radical (unpaired) electrons. The lowest BCUT2D eigenvalue weighted by Gasteiger charge is -2.21. The van der Waals surface area contributed by atoms with Crippen LogP contribution in [0, 0.1) is 6.92 Å². The second kappa shape index (κ2) is 6.34. The number of halogens is 2. The van der Waals surface area contributed by atoms with Crippen molar-refractivity contribution < 1.29 is 13.5 Å². The first-order chi connectivity index (χ1) is 11.5. The predicted molar refractivity (Wildman–Crippen MR) is 103 cm³/mol. The third-order valence-electron chi connectivity index (χ3n) is 3.70. The zero-order chi connectivity index (χ0) is 18.4. The Kier molecular flexibility index (Phi) is 4.64. The number of hydrogen-bond donors (Lipinski definition) is 0. The summed E-state index contributed by atoms with van der Waals surface area (Å²) in [7, 11) is 10.5. The van der Waals surface area contributed by atoms with Crippen molar-refractivity contribution in [2.45, 2.75) is 24.8 Å². The van der Waals surface area contributed by atoms with E-state index in [2.05, 4.69) is 23.5 Å². The smallest absolute Gasteiger partial charge is 0.302 e. The van der Waals surface area contributed by atoms with Gasteiger partial charge >= 0.3 is 5.92 Å². The Hall–Kier alpha value is -1.51. The van der Waals surface area contributed by atoms with Gasteiger partial charge in [0.15, 0.2) is 5.82 Å². The fourth-order valence-corrected chi connectivity index (χ4v) is 2.91. The van der Waals surface area contributed by atoms with Gasteiger partial charge in [0, 0.05) is 13.1 Å². The van der Waals surface area contributed by atoms with E-state index >= 15 is 0 Å². The molecule has 1 aromatic carbocycles. The highest BCUT2D eigenvalue weighted by Gasteiger charge is 2.30. The van der Waals surface area contributed by atoms with Crippen molar-refractivity contribution in [3.8, 4) is 16.9 Å². The van der Waals surface area contributed by atoms with Gasteiger partial charge < -0.3 is 4.74 Å². The van der Waals surface area contributed by atoms with Gasteiger partial charge in [-0.1, -0.05) is 36.7 Å². The summed E-state index contributed by atoms with van der Waals surface area (Å²) in [6.45, 7) is 2.57. The van der Waals surface area contributed by atoms with Crippen molar-refractivity contribution in [2.75, 3.05) is 0 Å².